The molecule has 0 radical (unpaired) electrons. The van der Waals surface area contributed by atoms with Crippen molar-refractivity contribution in [1.82, 2.24) is 4.98 Å². The molecule has 0 saturated heterocycles. The van der Waals surface area contributed by atoms with Crippen molar-refractivity contribution in [2.24, 2.45) is 5.92 Å². The second-order valence-electron chi connectivity index (χ2n) is 7.49. The second-order valence-corrected chi connectivity index (χ2v) is 9.12. The molecule has 0 spiro atoms. The molecule has 29 heavy (non-hydrogen) atoms. The van der Waals surface area contributed by atoms with Crippen molar-refractivity contribution in [2.75, 3.05) is 16.8 Å². The van der Waals surface area contributed by atoms with Crippen LogP contribution < -0.4 is 10.2 Å². The number of thiazole rings is 1. The molecular formula is C22H23N3O2S2. The number of hydrogen-bond donors (Lipinski definition) is 1. The van der Waals surface area contributed by atoms with E-state index in [0.29, 0.717) is 11.6 Å². The summed E-state index contributed by atoms with van der Waals surface area (Å²) in [6.45, 7) is 4.66. The van der Waals surface area contributed by atoms with E-state index in [9.17, 15) is 9.59 Å². The van der Waals surface area contributed by atoms with Crippen LogP contribution in [0.5, 0.6) is 0 Å². The summed E-state index contributed by atoms with van der Waals surface area (Å²) in [5, 5.41) is 9.40. The number of carbonyl (C=O) groups excluding carboxylic acids is 2. The molecule has 0 saturated carbocycles. The van der Waals surface area contributed by atoms with E-state index < -0.39 is 0 Å². The molecule has 1 aliphatic heterocycles. The largest absolute Gasteiger partial charge is 0.312 e. The number of fused-ring (bicyclic) bond motifs is 1. The van der Waals surface area contributed by atoms with Crippen molar-refractivity contribution in [1.29, 1.82) is 0 Å². The summed E-state index contributed by atoms with van der Waals surface area (Å²) >= 11 is 3.01. The van der Waals surface area contributed by atoms with Gasteiger partial charge in [0.1, 0.15) is 0 Å². The van der Waals surface area contributed by atoms with Crippen molar-refractivity contribution in [3.8, 4) is 11.3 Å². The van der Waals surface area contributed by atoms with Gasteiger partial charge in [0.25, 0.3) is 0 Å². The lowest BCUT2D eigenvalue weighted by Crippen LogP contribution is -2.38. The Bertz CT molecular complexity index is 1020. The molecule has 0 bridgehead atoms. The van der Waals surface area contributed by atoms with Crippen LogP contribution in [0.2, 0.25) is 0 Å². The Labute approximate surface area is 178 Å². The quantitative estimate of drug-likeness (QED) is 0.626. The Balaban J connectivity index is 1.50. The highest BCUT2D eigenvalue weighted by Gasteiger charge is 2.24. The van der Waals surface area contributed by atoms with Crippen LogP contribution in [0.15, 0.2) is 40.4 Å². The smallest absolute Gasteiger partial charge is 0.230 e. The molecule has 1 aliphatic rings. The van der Waals surface area contributed by atoms with E-state index in [-0.39, 0.29) is 17.7 Å². The molecule has 1 aromatic carbocycles. The lowest BCUT2D eigenvalue weighted by molar-refractivity contribution is -0.121. The van der Waals surface area contributed by atoms with Crippen LogP contribution in [0.25, 0.3) is 11.3 Å². The van der Waals surface area contributed by atoms with Crippen LogP contribution in [-0.4, -0.2) is 23.3 Å². The van der Waals surface area contributed by atoms with E-state index in [1.165, 1.54) is 16.9 Å². The van der Waals surface area contributed by atoms with Crippen LogP contribution in [0.3, 0.4) is 0 Å². The van der Waals surface area contributed by atoms with Crippen LogP contribution in [0.1, 0.15) is 31.4 Å². The molecule has 0 unspecified atom stereocenters. The Morgan fingerprint density at radius 2 is 2.10 bits per heavy atom. The molecule has 7 heteroatoms. The van der Waals surface area contributed by atoms with Crippen molar-refractivity contribution in [3.63, 3.8) is 0 Å². The summed E-state index contributed by atoms with van der Waals surface area (Å²) in [7, 11) is 0. The molecule has 5 nitrogen and oxygen atoms in total. The van der Waals surface area contributed by atoms with Crippen molar-refractivity contribution in [3.05, 3.63) is 51.5 Å². The third kappa shape index (κ3) is 4.41. The predicted octanol–water partition coefficient (Wildman–Crippen LogP) is 4.99. The first kappa shape index (κ1) is 19.8. The second kappa shape index (κ2) is 8.47. The molecule has 1 N–H and O–H groups in total. The van der Waals surface area contributed by atoms with Gasteiger partial charge in [0.2, 0.25) is 11.8 Å². The molecule has 2 aromatic heterocycles. The van der Waals surface area contributed by atoms with Gasteiger partial charge in [-0.05, 0) is 52.9 Å². The molecule has 0 aliphatic carbocycles. The normalized spacial score (nSPS) is 13.4. The monoisotopic (exact) mass is 425 g/mol. The zero-order valence-electron chi connectivity index (χ0n) is 16.5. The number of anilines is 2. The van der Waals surface area contributed by atoms with Gasteiger partial charge in [-0.2, -0.15) is 11.3 Å². The van der Waals surface area contributed by atoms with Crippen molar-refractivity contribution >= 4 is 45.3 Å². The molecule has 2 amide bonds. The highest BCUT2D eigenvalue weighted by atomic mass is 32.1. The Kier molecular flexibility index (Phi) is 5.78. The Hall–Kier alpha value is -2.51. The molecule has 0 atom stereocenters. The molecule has 3 aromatic rings. The number of aromatic nitrogens is 1. The zero-order chi connectivity index (χ0) is 20.4. The topological polar surface area (TPSA) is 62.3 Å². The van der Waals surface area contributed by atoms with Gasteiger partial charge in [0.15, 0.2) is 5.13 Å². The highest BCUT2D eigenvalue weighted by Crippen LogP contribution is 2.33. The van der Waals surface area contributed by atoms with Crippen molar-refractivity contribution in [2.45, 2.75) is 33.1 Å². The summed E-state index contributed by atoms with van der Waals surface area (Å²) in [4.78, 5) is 31.2. The van der Waals surface area contributed by atoms with Gasteiger partial charge in [0, 0.05) is 29.1 Å². The highest BCUT2D eigenvalue weighted by molar-refractivity contribution is 7.14. The lowest BCUT2D eigenvalue weighted by atomic mass is 9.97. The van der Waals surface area contributed by atoms with Gasteiger partial charge >= 0.3 is 0 Å². The molecule has 3 heterocycles. The lowest BCUT2D eigenvalue weighted by Gasteiger charge is -2.31. The summed E-state index contributed by atoms with van der Waals surface area (Å²) in [5.74, 6) is 0.0972. The van der Waals surface area contributed by atoms with E-state index in [2.05, 4.69) is 16.4 Å². The fourth-order valence-electron chi connectivity index (χ4n) is 3.50. The SMILES string of the molecule is CC(C)C(=O)N1CCCc2cc(-c3csc(NC(=O)Cc4ccsc4)n3)ccc21. The van der Waals surface area contributed by atoms with E-state index in [4.69, 9.17) is 0 Å². The van der Waals surface area contributed by atoms with E-state index in [0.717, 1.165) is 41.9 Å². The number of nitrogens with one attached hydrogen (secondary N) is 1. The van der Waals surface area contributed by atoms with Crippen LogP contribution in [0.4, 0.5) is 10.8 Å². The minimum atomic E-state index is -0.0578. The van der Waals surface area contributed by atoms with Crippen LogP contribution in [-0.2, 0) is 22.4 Å². The van der Waals surface area contributed by atoms with E-state index in [1.54, 1.807) is 11.3 Å². The van der Waals surface area contributed by atoms with E-state index in [1.807, 2.05) is 53.1 Å². The average Bonchev–Trinajstić information content (AvgIpc) is 3.38. The molecule has 4 rings (SSSR count). The zero-order valence-corrected chi connectivity index (χ0v) is 18.1. The molecular weight excluding hydrogens is 402 g/mol. The average molecular weight is 426 g/mol. The third-order valence-corrected chi connectivity index (χ3v) is 6.44. The third-order valence-electron chi connectivity index (χ3n) is 4.95. The standard InChI is InChI=1S/C22H23N3O2S2/c1-14(2)21(27)25-8-3-4-17-11-16(5-6-19(17)25)18-13-29-22(23-18)24-20(26)10-15-7-9-28-12-15/h5-7,9,11-14H,3-4,8,10H2,1-2H3,(H,23,24,26). The van der Waals surface area contributed by atoms with Gasteiger partial charge in [0.05, 0.1) is 12.1 Å². The van der Waals surface area contributed by atoms with Crippen LogP contribution in [0, 0.1) is 5.92 Å². The number of rotatable bonds is 5. The molecule has 150 valence electrons. The van der Waals surface area contributed by atoms with Gasteiger partial charge in [-0.1, -0.05) is 19.9 Å². The first-order valence-electron chi connectivity index (χ1n) is 9.72. The summed E-state index contributed by atoms with van der Waals surface area (Å²) in [6, 6.07) is 8.12. The summed E-state index contributed by atoms with van der Waals surface area (Å²) < 4.78 is 0. The number of nitrogens with zero attached hydrogens (tertiary/aromatic N) is 2. The minimum Gasteiger partial charge on any atom is -0.312 e. The number of hydrogen-bond acceptors (Lipinski definition) is 5. The predicted molar refractivity (Wildman–Crippen MR) is 120 cm³/mol. The summed E-state index contributed by atoms with van der Waals surface area (Å²) in [6.07, 6.45) is 2.28. The fraction of sp³-hybridized carbons (Fsp3) is 0.318. The van der Waals surface area contributed by atoms with E-state index >= 15 is 0 Å². The Morgan fingerprint density at radius 3 is 2.86 bits per heavy atom. The number of thiophene rings is 1. The first-order valence-corrected chi connectivity index (χ1v) is 11.5. The van der Waals surface area contributed by atoms with Gasteiger partial charge in [-0.15, -0.1) is 11.3 Å². The number of benzene rings is 1. The van der Waals surface area contributed by atoms with Gasteiger partial charge in [-0.3, -0.25) is 9.59 Å². The van der Waals surface area contributed by atoms with Crippen LogP contribution >= 0.6 is 22.7 Å². The number of aryl methyl sites for hydroxylation is 1. The maximum Gasteiger partial charge on any atom is 0.230 e. The maximum atomic E-state index is 12.5. The van der Waals surface area contributed by atoms with Gasteiger partial charge in [-0.25, -0.2) is 4.98 Å². The number of amides is 2. The van der Waals surface area contributed by atoms with Crippen molar-refractivity contribution < 1.29 is 9.59 Å². The summed E-state index contributed by atoms with van der Waals surface area (Å²) in [5.41, 5.74) is 5.06. The first-order chi connectivity index (χ1) is 14.0. The van der Waals surface area contributed by atoms with Gasteiger partial charge < -0.3 is 10.2 Å². The fourth-order valence-corrected chi connectivity index (χ4v) is 4.91. The maximum absolute atomic E-state index is 12.5. The minimum absolute atomic E-state index is 0.0144. The molecule has 0 fully saturated rings. The number of carbonyl (C=O) groups is 2. The Morgan fingerprint density at radius 1 is 1.24 bits per heavy atom.